The second kappa shape index (κ2) is 4.13. The first-order chi connectivity index (χ1) is 7.88. The van der Waals surface area contributed by atoms with Crippen LogP contribution in [-0.4, -0.2) is 29.3 Å². The fourth-order valence-corrected chi connectivity index (χ4v) is 1.72. The minimum Gasteiger partial charge on any atom is -0.335 e. The SMILES string of the molecule is CN(C(=O)NC1CC1)c1nnc(C(F)(F)F)s1. The van der Waals surface area contributed by atoms with E-state index in [0.717, 1.165) is 17.7 Å². The molecule has 0 aliphatic heterocycles. The van der Waals surface area contributed by atoms with Crippen molar-refractivity contribution in [3.05, 3.63) is 5.01 Å². The van der Waals surface area contributed by atoms with Crippen LogP contribution in [0, 0.1) is 0 Å². The first-order valence-electron chi connectivity index (χ1n) is 4.83. The number of carbonyl (C=O) groups is 1. The zero-order valence-corrected chi connectivity index (χ0v) is 9.60. The van der Waals surface area contributed by atoms with Gasteiger partial charge in [0.05, 0.1) is 0 Å². The maximum Gasteiger partial charge on any atom is 0.445 e. The van der Waals surface area contributed by atoms with Gasteiger partial charge in [-0.3, -0.25) is 4.90 Å². The van der Waals surface area contributed by atoms with Gasteiger partial charge in [-0.15, -0.1) is 10.2 Å². The number of aromatic nitrogens is 2. The van der Waals surface area contributed by atoms with Crippen LogP contribution in [0.2, 0.25) is 0 Å². The molecule has 0 aromatic carbocycles. The lowest BCUT2D eigenvalue weighted by atomic mass is 10.6. The highest BCUT2D eigenvalue weighted by molar-refractivity contribution is 7.15. The van der Waals surface area contributed by atoms with Gasteiger partial charge in [0, 0.05) is 13.1 Å². The van der Waals surface area contributed by atoms with Crippen LogP contribution in [0.5, 0.6) is 0 Å². The van der Waals surface area contributed by atoms with Crippen LogP contribution in [-0.2, 0) is 6.18 Å². The average molecular weight is 266 g/mol. The fraction of sp³-hybridized carbons (Fsp3) is 0.625. The summed E-state index contributed by atoms with van der Waals surface area (Å²) in [7, 11) is 1.36. The van der Waals surface area contributed by atoms with Crippen molar-refractivity contribution < 1.29 is 18.0 Å². The highest BCUT2D eigenvalue weighted by Crippen LogP contribution is 2.34. The van der Waals surface area contributed by atoms with Crippen molar-refractivity contribution in [2.45, 2.75) is 25.1 Å². The summed E-state index contributed by atoms with van der Waals surface area (Å²) >= 11 is 0.342. The summed E-state index contributed by atoms with van der Waals surface area (Å²) in [5.74, 6) is 0. The molecular weight excluding hydrogens is 257 g/mol. The molecule has 17 heavy (non-hydrogen) atoms. The average Bonchev–Trinajstić information content (AvgIpc) is 2.89. The molecule has 2 rings (SSSR count). The van der Waals surface area contributed by atoms with Crippen LogP contribution in [0.25, 0.3) is 0 Å². The third-order valence-electron chi connectivity index (χ3n) is 2.15. The molecule has 9 heteroatoms. The van der Waals surface area contributed by atoms with Gasteiger partial charge in [-0.05, 0) is 12.8 Å². The summed E-state index contributed by atoms with van der Waals surface area (Å²) in [6.07, 6.45) is -2.71. The van der Waals surface area contributed by atoms with Gasteiger partial charge in [0.1, 0.15) is 0 Å². The molecule has 0 spiro atoms. The van der Waals surface area contributed by atoms with E-state index in [1.807, 2.05) is 0 Å². The summed E-state index contributed by atoms with van der Waals surface area (Å²) in [5.41, 5.74) is 0. The van der Waals surface area contributed by atoms with Crippen molar-refractivity contribution in [2.75, 3.05) is 11.9 Å². The van der Waals surface area contributed by atoms with Crippen molar-refractivity contribution in [3.8, 4) is 0 Å². The molecule has 1 aliphatic carbocycles. The summed E-state index contributed by atoms with van der Waals surface area (Å²) < 4.78 is 36.8. The number of amides is 2. The van der Waals surface area contributed by atoms with Crippen LogP contribution in [0.15, 0.2) is 0 Å². The number of hydrogen-bond acceptors (Lipinski definition) is 4. The molecule has 1 aromatic heterocycles. The standard InChI is InChI=1S/C8H9F3N4OS/c1-15(6(16)12-4-2-3-4)7-14-13-5(17-7)8(9,10)11/h4H,2-3H2,1H3,(H,12,16). The van der Waals surface area contributed by atoms with Gasteiger partial charge >= 0.3 is 12.2 Å². The number of alkyl halides is 3. The van der Waals surface area contributed by atoms with Crippen molar-refractivity contribution in [2.24, 2.45) is 0 Å². The highest BCUT2D eigenvalue weighted by Gasteiger charge is 2.36. The van der Waals surface area contributed by atoms with Gasteiger partial charge in [0.2, 0.25) is 10.1 Å². The minimum atomic E-state index is -4.52. The number of carbonyl (C=O) groups excluding carboxylic acids is 1. The van der Waals surface area contributed by atoms with Gasteiger partial charge in [-0.25, -0.2) is 4.79 Å². The molecule has 1 heterocycles. The topological polar surface area (TPSA) is 58.1 Å². The van der Waals surface area contributed by atoms with E-state index >= 15 is 0 Å². The molecule has 1 saturated carbocycles. The van der Waals surface area contributed by atoms with Crippen LogP contribution >= 0.6 is 11.3 Å². The number of hydrogen-bond donors (Lipinski definition) is 1. The van der Waals surface area contributed by atoms with Crippen molar-refractivity contribution >= 4 is 22.5 Å². The third kappa shape index (κ3) is 2.84. The molecule has 0 radical (unpaired) electrons. The van der Waals surface area contributed by atoms with Crippen molar-refractivity contribution in [3.63, 3.8) is 0 Å². The number of rotatable bonds is 2. The number of nitrogens with one attached hydrogen (secondary N) is 1. The molecular formula is C8H9F3N4OS. The Kier molecular flexibility index (Phi) is 2.94. The normalized spacial score (nSPS) is 15.8. The Morgan fingerprint density at radius 3 is 2.59 bits per heavy atom. The number of urea groups is 1. The first-order valence-corrected chi connectivity index (χ1v) is 5.64. The van der Waals surface area contributed by atoms with E-state index in [4.69, 9.17) is 0 Å². The maximum absolute atomic E-state index is 12.3. The Hall–Kier alpha value is -1.38. The largest absolute Gasteiger partial charge is 0.445 e. The predicted octanol–water partition coefficient (Wildman–Crippen LogP) is 1.87. The first kappa shape index (κ1) is 12.1. The Morgan fingerprint density at radius 1 is 1.47 bits per heavy atom. The van der Waals surface area contributed by atoms with Gasteiger partial charge in [-0.1, -0.05) is 11.3 Å². The lowest BCUT2D eigenvalue weighted by molar-refractivity contribution is -0.138. The molecule has 0 bridgehead atoms. The number of anilines is 1. The Labute approximate surface area is 98.6 Å². The molecule has 1 aromatic rings. The number of halogens is 3. The maximum atomic E-state index is 12.3. The van der Waals surface area contributed by atoms with Crippen LogP contribution in [0.1, 0.15) is 17.8 Å². The summed E-state index contributed by atoms with van der Waals surface area (Å²) in [6.45, 7) is 0. The molecule has 0 unspecified atom stereocenters. The number of nitrogens with zero attached hydrogens (tertiary/aromatic N) is 3. The van der Waals surface area contributed by atoms with Crippen LogP contribution in [0.4, 0.5) is 23.1 Å². The quantitative estimate of drug-likeness (QED) is 0.889. The molecule has 2 amide bonds. The minimum absolute atomic E-state index is 0.0736. The molecule has 0 atom stereocenters. The Bertz CT molecular complexity index is 429. The Balaban J connectivity index is 2.05. The molecule has 5 nitrogen and oxygen atoms in total. The van der Waals surface area contributed by atoms with Gasteiger partial charge in [0.15, 0.2) is 0 Å². The van der Waals surface area contributed by atoms with Gasteiger partial charge in [0.25, 0.3) is 0 Å². The van der Waals surface area contributed by atoms with E-state index in [-0.39, 0.29) is 11.2 Å². The second-order valence-electron chi connectivity index (χ2n) is 3.67. The Morgan fingerprint density at radius 2 is 2.12 bits per heavy atom. The van der Waals surface area contributed by atoms with Crippen LogP contribution in [0.3, 0.4) is 0 Å². The van der Waals surface area contributed by atoms with Gasteiger partial charge < -0.3 is 5.32 Å². The second-order valence-corrected chi connectivity index (χ2v) is 4.63. The summed E-state index contributed by atoms with van der Waals surface area (Å²) in [4.78, 5) is 12.6. The predicted molar refractivity (Wildman–Crippen MR) is 54.9 cm³/mol. The van der Waals surface area contributed by atoms with E-state index in [9.17, 15) is 18.0 Å². The molecule has 1 N–H and O–H groups in total. The molecule has 0 saturated heterocycles. The van der Waals surface area contributed by atoms with Crippen molar-refractivity contribution in [1.82, 2.24) is 15.5 Å². The van der Waals surface area contributed by atoms with E-state index in [0.29, 0.717) is 11.3 Å². The van der Waals surface area contributed by atoms with Crippen LogP contribution < -0.4 is 10.2 Å². The molecule has 1 fully saturated rings. The summed E-state index contributed by atoms with van der Waals surface area (Å²) in [6, 6.07) is -0.322. The fourth-order valence-electron chi connectivity index (χ4n) is 1.05. The van der Waals surface area contributed by atoms with E-state index in [1.54, 1.807) is 0 Å². The smallest absolute Gasteiger partial charge is 0.335 e. The lowest BCUT2D eigenvalue weighted by Crippen LogP contribution is -2.38. The summed E-state index contributed by atoms with van der Waals surface area (Å²) in [5, 5.41) is 7.87. The molecule has 1 aliphatic rings. The van der Waals surface area contributed by atoms with Crippen molar-refractivity contribution in [1.29, 1.82) is 0 Å². The zero-order valence-electron chi connectivity index (χ0n) is 8.78. The highest BCUT2D eigenvalue weighted by atomic mass is 32.1. The third-order valence-corrected chi connectivity index (χ3v) is 3.20. The lowest BCUT2D eigenvalue weighted by Gasteiger charge is -2.13. The van der Waals surface area contributed by atoms with E-state index in [1.165, 1.54) is 7.05 Å². The zero-order chi connectivity index (χ0) is 12.6. The molecule has 94 valence electrons. The monoisotopic (exact) mass is 266 g/mol. The van der Waals surface area contributed by atoms with E-state index in [2.05, 4.69) is 15.5 Å². The van der Waals surface area contributed by atoms with E-state index < -0.39 is 17.2 Å². The van der Waals surface area contributed by atoms with Gasteiger partial charge in [-0.2, -0.15) is 13.2 Å².